The van der Waals surface area contributed by atoms with E-state index >= 15 is 0 Å². The first kappa shape index (κ1) is 21.0. The molecule has 0 aromatic heterocycles. The molecule has 0 spiro atoms. The molecule has 2 N–H and O–H groups in total. The minimum Gasteiger partial charge on any atom is -0.348 e. The van der Waals surface area contributed by atoms with Gasteiger partial charge in [-0.25, -0.2) is 13.1 Å². The third kappa shape index (κ3) is 5.64. The zero-order valence-corrected chi connectivity index (χ0v) is 18.3. The average molecular weight is 466 g/mol. The quantitative estimate of drug-likeness (QED) is 0.627. The molecule has 150 valence electrons. The largest absolute Gasteiger partial charge is 0.348 e. The summed E-state index contributed by atoms with van der Waals surface area (Å²) < 4.78 is 28.0. The minimum absolute atomic E-state index is 0.0152. The molecule has 0 aliphatic heterocycles. The smallest absolute Gasteiger partial charge is 0.252 e. The Morgan fingerprint density at radius 3 is 2.36 bits per heavy atom. The van der Waals surface area contributed by atoms with E-state index in [4.69, 9.17) is 0 Å². The molecule has 0 atom stereocenters. The molecule has 1 aliphatic carbocycles. The zero-order valence-electron chi connectivity index (χ0n) is 15.9. The van der Waals surface area contributed by atoms with Crippen molar-refractivity contribution in [1.82, 2.24) is 14.9 Å². The summed E-state index contributed by atoms with van der Waals surface area (Å²) in [7, 11) is 0.422. The SMILES string of the molecule is CN(C)Cc1ccc(CNC(=O)c2cc(S(=O)(=O)NC3CC3)ccc2Br)cc1. The summed E-state index contributed by atoms with van der Waals surface area (Å²) >= 11 is 3.34. The van der Waals surface area contributed by atoms with Crippen LogP contribution in [0.3, 0.4) is 0 Å². The third-order valence-corrected chi connectivity index (χ3v) is 6.58. The van der Waals surface area contributed by atoms with Crippen LogP contribution in [0.5, 0.6) is 0 Å². The molecule has 6 nitrogen and oxygen atoms in total. The maximum atomic E-state index is 12.6. The van der Waals surface area contributed by atoms with Gasteiger partial charge in [0.25, 0.3) is 5.91 Å². The van der Waals surface area contributed by atoms with Crippen molar-refractivity contribution >= 4 is 31.9 Å². The maximum absolute atomic E-state index is 12.6. The van der Waals surface area contributed by atoms with Gasteiger partial charge in [0.05, 0.1) is 10.5 Å². The molecule has 3 rings (SSSR count). The van der Waals surface area contributed by atoms with Crippen LogP contribution >= 0.6 is 15.9 Å². The minimum atomic E-state index is -3.61. The summed E-state index contributed by atoms with van der Waals surface area (Å²) in [5, 5.41) is 2.85. The summed E-state index contributed by atoms with van der Waals surface area (Å²) in [5.41, 5.74) is 2.47. The van der Waals surface area contributed by atoms with Gasteiger partial charge in [0, 0.05) is 23.6 Å². The van der Waals surface area contributed by atoms with Gasteiger partial charge in [0.2, 0.25) is 10.0 Å². The fourth-order valence-electron chi connectivity index (χ4n) is 2.74. The van der Waals surface area contributed by atoms with E-state index in [9.17, 15) is 13.2 Å². The lowest BCUT2D eigenvalue weighted by atomic mass is 10.1. The van der Waals surface area contributed by atoms with Crippen molar-refractivity contribution in [3.63, 3.8) is 0 Å². The van der Waals surface area contributed by atoms with E-state index in [1.807, 2.05) is 38.4 Å². The van der Waals surface area contributed by atoms with Crippen molar-refractivity contribution in [2.75, 3.05) is 14.1 Å². The number of benzene rings is 2. The molecule has 0 unspecified atom stereocenters. The van der Waals surface area contributed by atoms with E-state index in [1.165, 1.54) is 17.7 Å². The molecule has 8 heteroatoms. The Kier molecular flexibility index (Phi) is 6.54. The van der Waals surface area contributed by atoms with E-state index in [0.29, 0.717) is 16.6 Å². The van der Waals surface area contributed by atoms with Crippen LogP contribution in [0.15, 0.2) is 51.8 Å². The number of rotatable bonds is 8. The predicted molar refractivity (Wildman–Crippen MR) is 112 cm³/mol. The lowest BCUT2D eigenvalue weighted by Crippen LogP contribution is -2.27. The molecular formula is C20H24BrN3O3S. The van der Waals surface area contributed by atoms with Crippen LogP contribution in [-0.2, 0) is 23.1 Å². The molecule has 0 saturated heterocycles. The van der Waals surface area contributed by atoms with E-state index in [2.05, 4.69) is 30.9 Å². The van der Waals surface area contributed by atoms with Crippen LogP contribution in [0.2, 0.25) is 0 Å². The van der Waals surface area contributed by atoms with Crippen LogP contribution in [0.1, 0.15) is 34.3 Å². The Hall–Kier alpha value is -1.74. The lowest BCUT2D eigenvalue weighted by Gasteiger charge is -2.12. The summed E-state index contributed by atoms with van der Waals surface area (Å²) in [6.45, 7) is 1.22. The highest BCUT2D eigenvalue weighted by Crippen LogP contribution is 2.25. The van der Waals surface area contributed by atoms with Crippen molar-refractivity contribution < 1.29 is 13.2 Å². The summed E-state index contributed by atoms with van der Waals surface area (Å²) in [6, 6.07) is 12.5. The normalized spacial score (nSPS) is 14.3. The third-order valence-electron chi connectivity index (χ3n) is 4.37. The first-order valence-corrected chi connectivity index (χ1v) is 11.3. The number of carbonyl (C=O) groups is 1. The Morgan fingerprint density at radius 2 is 1.75 bits per heavy atom. The Balaban J connectivity index is 1.67. The standard InChI is InChI=1S/C20H24BrN3O3S/c1-24(2)13-15-5-3-14(4-6-15)12-22-20(25)18-11-17(9-10-19(18)21)28(26,27)23-16-7-8-16/h3-6,9-11,16,23H,7-8,12-13H2,1-2H3,(H,22,25). The molecule has 2 aromatic carbocycles. The molecule has 0 heterocycles. The van der Waals surface area contributed by atoms with Gasteiger partial charge in [0.15, 0.2) is 0 Å². The summed E-state index contributed by atoms with van der Waals surface area (Å²) in [5.74, 6) is -0.326. The van der Waals surface area contributed by atoms with Gasteiger partial charge < -0.3 is 10.2 Å². The van der Waals surface area contributed by atoms with Crippen LogP contribution < -0.4 is 10.0 Å². The van der Waals surface area contributed by atoms with Crippen molar-refractivity contribution in [2.24, 2.45) is 0 Å². The van der Waals surface area contributed by atoms with Crippen molar-refractivity contribution in [1.29, 1.82) is 0 Å². The van der Waals surface area contributed by atoms with E-state index < -0.39 is 10.0 Å². The number of nitrogens with zero attached hydrogens (tertiary/aromatic N) is 1. The van der Waals surface area contributed by atoms with E-state index in [1.54, 1.807) is 6.07 Å². The zero-order chi connectivity index (χ0) is 20.3. The fourth-order valence-corrected chi connectivity index (χ4v) is 4.50. The second-order valence-corrected chi connectivity index (χ2v) is 9.84. The number of halogens is 1. The van der Waals surface area contributed by atoms with Gasteiger partial charge in [-0.2, -0.15) is 0 Å². The highest BCUT2D eigenvalue weighted by molar-refractivity contribution is 9.10. The van der Waals surface area contributed by atoms with Gasteiger partial charge in [-0.15, -0.1) is 0 Å². The topological polar surface area (TPSA) is 78.5 Å². The monoisotopic (exact) mass is 465 g/mol. The van der Waals surface area contributed by atoms with Gasteiger partial charge in [0.1, 0.15) is 0 Å². The van der Waals surface area contributed by atoms with Crippen molar-refractivity contribution in [3.05, 3.63) is 63.6 Å². The van der Waals surface area contributed by atoms with Crippen LogP contribution in [-0.4, -0.2) is 39.4 Å². The highest BCUT2D eigenvalue weighted by Gasteiger charge is 2.28. The van der Waals surface area contributed by atoms with E-state index in [-0.39, 0.29) is 16.8 Å². The average Bonchev–Trinajstić information content (AvgIpc) is 3.44. The molecule has 1 amide bonds. The number of hydrogen-bond acceptors (Lipinski definition) is 4. The second-order valence-electron chi connectivity index (χ2n) is 7.27. The van der Waals surface area contributed by atoms with Crippen molar-refractivity contribution in [2.45, 2.75) is 36.9 Å². The maximum Gasteiger partial charge on any atom is 0.252 e. The molecule has 0 radical (unpaired) electrons. The van der Waals surface area contributed by atoms with Gasteiger partial charge in [-0.1, -0.05) is 24.3 Å². The van der Waals surface area contributed by atoms with Crippen LogP contribution in [0.4, 0.5) is 0 Å². The number of nitrogens with one attached hydrogen (secondary N) is 2. The molecule has 1 saturated carbocycles. The predicted octanol–water partition coefficient (Wildman–Crippen LogP) is 2.88. The second kappa shape index (κ2) is 8.73. The Bertz CT molecular complexity index is 955. The molecule has 2 aromatic rings. The molecular weight excluding hydrogens is 442 g/mol. The van der Waals surface area contributed by atoms with Crippen LogP contribution in [0.25, 0.3) is 0 Å². The summed E-state index contributed by atoms with van der Waals surface area (Å²) in [4.78, 5) is 14.8. The van der Waals surface area contributed by atoms with Gasteiger partial charge in [-0.3, -0.25) is 4.79 Å². The molecule has 1 fully saturated rings. The molecule has 1 aliphatic rings. The highest BCUT2D eigenvalue weighted by atomic mass is 79.9. The number of amides is 1. The van der Waals surface area contributed by atoms with Crippen LogP contribution in [0, 0.1) is 0 Å². The molecule has 28 heavy (non-hydrogen) atoms. The van der Waals surface area contributed by atoms with Crippen molar-refractivity contribution in [3.8, 4) is 0 Å². The first-order chi connectivity index (χ1) is 13.2. The van der Waals surface area contributed by atoms with Gasteiger partial charge in [-0.05, 0) is 72.2 Å². The summed E-state index contributed by atoms with van der Waals surface area (Å²) in [6.07, 6.45) is 1.72. The fraction of sp³-hybridized carbons (Fsp3) is 0.350. The molecule has 0 bridgehead atoms. The van der Waals surface area contributed by atoms with E-state index in [0.717, 1.165) is 24.9 Å². The lowest BCUT2D eigenvalue weighted by molar-refractivity contribution is 0.0950. The Morgan fingerprint density at radius 1 is 1.11 bits per heavy atom. The first-order valence-electron chi connectivity index (χ1n) is 9.07. The number of sulfonamides is 1. The van der Waals surface area contributed by atoms with Gasteiger partial charge >= 0.3 is 0 Å². The Labute approximate surface area is 174 Å². The number of hydrogen-bond donors (Lipinski definition) is 2. The number of carbonyl (C=O) groups excluding carboxylic acids is 1.